The van der Waals surface area contributed by atoms with Crippen molar-refractivity contribution in [2.24, 2.45) is 0 Å². The van der Waals surface area contributed by atoms with Crippen LogP contribution in [0.5, 0.6) is 0 Å². The molecule has 23 heavy (non-hydrogen) atoms. The summed E-state index contributed by atoms with van der Waals surface area (Å²) >= 11 is 3.37. The first-order valence-electron chi connectivity index (χ1n) is 7.45. The van der Waals surface area contributed by atoms with Crippen LogP contribution in [-0.4, -0.2) is 18.9 Å². The summed E-state index contributed by atoms with van der Waals surface area (Å²) < 4.78 is 0.740. The molecule has 0 fully saturated rings. The minimum Gasteiger partial charge on any atom is -0.322 e. The number of benzene rings is 2. The standard InChI is InChI=1S/C18H19BrN2O2/c1-3-7-17(22)21(2)14-9-6-8-13(12-14)20-18(23)15-10-4-5-11-16(15)19/h4-6,8-12H,3,7H2,1-2H3,(H,20,23). The molecule has 0 atom stereocenters. The Morgan fingerprint density at radius 3 is 2.57 bits per heavy atom. The lowest BCUT2D eigenvalue weighted by Gasteiger charge is -2.18. The van der Waals surface area contributed by atoms with Crippen molar-refractivity contribution in [3.8, 4) is 0 Å². The maximum Gasteiger partial charge on any atom is 0.256 e. The smallest absolute Gasteiger partial charge is 0.256 e. The van der Waals surface area contributed by atoms with E-state index in [0.29, 0.717) is 17.7 Å². The van der Waals surface area contributed by atoms with Crippen LogP contribution in [-0.2, 0) is 4.79 Å². The van der Waals surface area contributed by atoms with E-state index in [0.717, 1.165) is 16.6 Å². The van der Waals surface area contributed by atoms with Crippen LogP contribution in [0.15, 0.2) is 53.0 Å². The lowest BCUT2D eigenvalue weighted by molar-refractivity contribution is -0.118. The number of hydrogen-bond donors (Lipinski definition) is 1. The maximum atomic E-state index is 12.3. The number of halogens is 1. The first-order chi connectivity index (χ1) is 11.0. The van der Waals surface area contributed by atoms with Crippen LogP contribution in [0.1, 0.15) is 30.1 Å². The molecule has 0 bridgehead atoms. The van der Waals surface area contributed by atoms with Gasteiger partial charge >= 0.3 is 0 Å². The molecule has 120 valence electrons. The van der Waals surface area contributed by atoms with Crippen LogP contribution in [0.3, 0.4) is 0 Å². The van der Waals surface area contributed by atoms with Gasteiger partial charge in [-0.1, -0.05) is 25.1 Å². The molecule has 0 saturated heterocycles. The molecule has 2 aromatic rings. The first kappa shape index (κ1) is 17.2. The topological polar surface area (TPSA) is 49.4 Å². The van der Waals surface area contributed by atoms with Crippen LogP contribution < -0.4 is 10.2 Å². The Labute approximate surface area is 144 Å². The van der Waals surface area contributed by atoms with E-state index in [-0.39, 0.29) is 11.8 Å². The molecule has 2 aromatic carbocycles. The molecule has 0 heterocycles. The molecule has 0 unspecified atom stereocenters. The highest BCUT2D eigenvalue weighted by Crippen LogP contribution is 2.22. The minimum absolute atomic E-state index is 0.0572. The van der Waals surface area contributed by atoms with Crippen LogP contribution >= 0.6 is 15.9 Å². The fourth-order valence-corrected chi connectivity index (χ4v) is 2.63. The predicted octanol–water partition coefficient (Wildman–Crippen LogP) is 4.46. The maximum absolute atomic E-state index is 12.3. The molecule has 0 spiro atoms. The molecular weight excluding hydrogens is 356 g/mol. The zero-order chi connectivity index (χ0) is 16.8. The Morgan fingerprint density at radius 1 is 1.13 bits per heavy atom. The molecule has 0 aliphatic carbocycles. The van der Waals surface area contributed by atoms with Gasteiger partial charge in [-0.2, -0.15) is 0 Å². The average molecular weight is 375 g/mol. The van der Waals surface area contributed by atoms with Gasteiger partial charge in [0, 0.05) is 29.3 Å². The van der Waals surface area contributed by atoms with Gasteiger partial charge in [-0.25, -0.2) is 0 Å². The Kier molecular flexibility index (Phi) is 5.93. The third-order valence-corrected chi connectivity index (χ3v) is 4.14. The quantitative estimate of drug-likeness (QED) is 0.839. The van der Waals surface area contributed by atoms with E-state index in [1.54, 1.807) is 30.1 Å². The Morgan fingerprint density at radius 2 is 1.87 bits per heavy atom. The van der Waals surface area contributed by atoms with Gasteiger partial charge < -0.3 is 10.2 Å². The van der Waals surface area contributed by atoms with Crippen LogP contribution in [0.25, 0.3) is 0 Å². The van der Waals surface area contributed by atoms with Gasteiger partial charge in [-0.3, -0.25) is 9.59 Å². The molecule has 1 N–H and O–H groups in total. The summed E-state index contributed by atoms with van der Waals surface area (Å²) in [4.78, 5) is 25.9. The van der Waals surface area contributed by atoms with E-state index < -0.39 is 0 Å². The van der Waals surface area contributed by atoms with Crippen molar-refractivity contribution in [1.29, 1.82) is 0 Å². The number of amides is 2. The third kappa shape index (κ3) is 4.42. The highest BCUT2D eigenvalue weighted by atomic mass is 79.9. The summed E-state index contributed by atoms with van der Waals surface area (Å²) in [7, 11) is 1.74. The SMILES string of the molecule is CCCC(=O)N(C)c1cccc(NC(=O)c2ccccc2Br)c1. The van der Waals surface area contributed by atoms with Crippen LogP contribution in [0.4, 0.5) is 11.4 Å². The van der Waals surface area contributed by atoms with E-state index in [4.69, 9.17) is 0 Å². The number of nitrogens with one attached hydrogen (secondary N) is 1. The predicted molar refractivity (Wildman–Crippen MR) is 96.9 cm³/mol. The largest absolute Gasteiger partial charge is 0.322 e. The highest BCUT2D eigenvalue weighted by molar-refractivity contribution is 9.10. The van der Waals surface area contributed by atoms with Gasteiger partial charge in [0.1, 0.15) is 0 Å². The lowest BCUT2D eigenvalue weighted by atomic mass is 10.2. The molecule has 0 radical (unpaired) electrons. The summed E-state index contributed by atoms with van der Waals surface area (Å²) in [5.74, 6) is -0.140. The fourth-order valence-electron chi connectivity index (χ4n) is 2.16. The van der Waals surface area contributed by atoms with Gasteiger partial charge in [-0.05, 0) is 52.7 Å². The number of anilines is 2. The molecule has 0 aliphatic heterocycles. The van der Waals surface area contributed by atoms with Crippen molar-refractivity contribution >= 4 is 39.1 Å². The van der Waals surface area contributed by atoms with Crippen molar-refractivity contribution in [1.82, 2.24) is 0 Å². The second-order valence-electron chi connectivity index (χ2n) is 5.19. The van der Waals surface area contributed by atoms with Gasteiger partial charge in [-0.15, -0.1) is 0 Å². The molecular formula is C18H19BrN2O2. The van der Waals surface area contributed by atoms with Crippen molar-refractivity contribution < 1.29 is 9.59 Å². The van der Waals surface area contributed by atoms with Crippen LogP contribution in [0.2, 0.25) is 0 Å². The number of hydrogen-bond acceptors (Lipinski definition) is 2. The summed E-state index contributed by atoms with van der Waals surface area (Å²) in [6, 6.07) is 14.5. The third-order valence-electron chi connectivity index (χ3n) is 3.45. The van der Waals surface area contributed by atoms with Gasteiger partial charge in [0.25, 0.3) is 5.91 Å². The van der Waals surface area contributed by atoms with Crippen molar-refractivity contribution in [3.05, 3.63) is 58.6 Å². The first-order valence-corrected chi connectivity index (χ1v) is 8.24. The Hall–Kier alpha value is -2.14. The van der Waals surface area contributed by atoms with E-state index in [1.807, 2.05) is 37.3 Å². The minimum atomic E-state index is -0.197. The summed E-state index contributed by atoms with van der Waals surface area (Å²) in [6.45, 7) is 1.97. The fraction of sp³-hybridized carbons (Fsp3) is 0.222. The molecule has 4 nitrogen and oxygen atoms in total. The number of nitrogens with zero attached hydrogens (tertiary/aromatic N) is 1. The number of carbonyl (C=O) groups is 2. The highest BCUT2D eigenvalue weighted by Gasteiger charge is 2.12. The molecule has 2 rings (SSSR count). The molecule has 0 aliphatic rings. The lowest BCUT2D eigenvalue weighted by Crippen LogP contribution is -2.25. The monoisotopic (exact) mass is 374 g/mol. The molecule has 0 aromatic heterocycles. The Balaban J connectivity index is 2.16. The van der Waals surface area contributed by atoms with Crippen molar-refractivity contribution in [2.75, 3.05) is 17.3 Å². The zero-order valence-corrected chi connectivity index (χ0v) is 14.8. The van der Waals surface area contributed by atoms with Crippen molar-refractivity contribution in [2.45, 2.75) is 19.8 Å². The van der Waals surface area contributed by atoms with Gasteiger partial charge in [0.05, 0.1) is 5.56 Å². The van der Waals surface area contributed by atoms with Crippen LogP contribution in [0, 0.1) is 0 Å². The average Bonchev–Trinajstić information content (AvgIpc) is 2.55. The second kappa shape index (κ2) is 7.92. The van der Waals surface area contributed by atoms with E-state index >= 15 is 0 Å². The zero-order valence-electron chi connectivity index (χ0n) is 13.2. The van der Waals surface area contributed by atoms with Crippen molar-refractivity contribution in [3.63, 3.8) is 0 Å². The molecule has 5 heteroatoms. The van der Waals surface area contributed by atoms with Gasteiger partial charge in [0.2, 0.25) is 5.91 Å². The summed E-state index contributed by atoms with van der Waals surface area (Å²) in [5, 5.41) is 2.86. The van der Waals surface area contributed by atoms with E-state index in [9.17, 15) is 9.59 Å². The second-order valence-corrected chi connectivity index (χ2v) is 6.04. The van der Waals surface area contributed by atoms with Gasteiger partial charge in [0.15, 0.2) is 0 Å². The Bertz CT molecular complexity index is 716. The number of rotatable bonds is 5. The molecule has 2 amide bonds. The molecule has 0 saturated carbocycles. The van der Waals surface area contributed by atoms with E-state index in [1.165, 1.54) is 0 Å². The normalized spacial score (nSPS) is 10.2. The number of carbonyl (C=O) groups excluding carboxylic acids is 2. The summed E-state index contributed by atoms with van der Waals surface area (Å²) in [5.41, 5.74) is 1.97. The summed E-state index contributed by atoms with van der Waals surface area (Å²) in [6.07, 6.45) is 1.31. The van der Waals surface area contributed by atoms with E-state index in [2.05, 4.69) is 21.2 Å².